The Morgan fingerprint density at radius 1 is 1.29 bits per heavy atom. The smallest absolute Gasteiger partial charge is 0.310 e. The number of carbonyl (C=O) groups excluding carboxylic acids is 1. The van der Waals surface area contributed by atoms with Crippen LogP contribution in [-0.2, 0) is 14.6 Å². The van der Waals surface area contributed by atoms with Gasteiger partial charge >= 0.3 is 5.69 Å². The third kappa shape index (κ3) is 3.84. The summed E-state index contributed by atoms with van der Waals surface area (Å²) >= 11 is 0. The van der Waals surface area contributed by atoms with Gasteiger partial charge in [0.05, 0.1) is 10.8 Å². The zero-order valence-corrected chi connectivity index (χ0v) is 14.4. The summed E-state index contributed by atoms with van der Waals surface area (Å²) in [6.07, 6.45) is 4.15. The molecule has 132 valence electrons. The van der Waals surface area contributed by atoms with Crippen LogP contribution in [0.25, 0.3) is 0 Å². The number of amides is 1. The molecule has 0 saturated heterocycles. The summed E-state index contributed by atoms with van der Waals surface area (Å²) in [6, 6.07) is 3.88. The Kier molecular flexibility index (Phi) is 5.43. The largest absolute Gasteiger partial charge is 0.376 e. The molecule has 2 unspecified atom stereocenters. The van der Waals surface area contributed by atoms with E-state index in [9.17, 15) is 23.3 Å². The number of nitrogens with one attached hydrogen (secondary N) is 2. The van der Waals surface area contributed by atoms with Crippen LogP contribution >= 0.6 is 0 Å². The molecule has 2 atom stereocenters. The molecule has 24 heavy (non-hydrogen) atoms. The van der Waals surface area contributed by atoms with Gasteiger partial charge in [-0.25, -0.2) is 8.42 Å². The van der Waals surface area contributed by atoms with Gasteiger partial charge in [-0.3, -0.25) is 14.9 Å². The van der Waals surface area contributed by atoms with Crippen LogP contribution in [0.1, 0.15) is 25.7 Å². The van der Waals surface area contributed by atoms with E-state index in [2.05, 4.69) is 10.6 Å². The number of nitro benzene ring substituents is 1. The van der Waals surface area contributed by atoms with Gasteiger partial charge < -0.3 is 10.6 Å². The van der Waals surface area contributed by atoms with Crippen molar-refractivity contribution in [3.05, 3.63) is 28.3 Å². The molecule has 0 aromatic heterocycles. The second-order valence-corrected chi connectivity index (χ2v) is 7.92. The van der Waals surface area contributed by atoms with Crippen molar-refractivity contribution in [2.45, 2.75) is 36.6 Å². The van der Waals surface area contributed by atoms with E-state index < -0.39 is 20.4 Å². The number of benzene rings is 1. The Labute approximate surface area is 140 Å². The number of sulfone groups is 1. The van der Waals surface area contributed by atoms with Crippen molar-refractivity contribution >= 4 is 27.1 Å². The first kappa shape index (κ1) is 18.2. The summed E-state index contributed by atoms with van der Waals surface area (Å²) in [4.78, 5) is 22.4. The van der Waals surface area contributed by atoms with E-state index >= 15 is 0 Å². The zero-order valence-electron chi connectivity index (χ0n) is 13.6. The van der Waals surface area contributed by atoms with Crippen molar-refractivity contribution in [3.63, 3.8) is 0 Å². The van der Waals surface area contributed by atoms with Crippen molar-refractivity contribution in [2.75, 3.05) is 18.6 Å². The Morgan fingerprint density at radius 3 is 2.54 bits per heavy atom. The monoisotopic (exact) mass is 355 g/mol. The molecule has 1 fully saturated rings. The number of hydrogen-bond donors (Lipinski definition) is 2. The lowest BCUT2D eigenvalue weighted by atomic mass is 9.83. The second-order valence-electron chi connectivity index (χ2n) is 5.94. The van der Waals surface area contributed by atoms with Gasteiger partial charge in [0.2, 0.25) is 5.91 Å². The number of anilines is 1. The van der Waals surface area contributed by atoms with Crippen molar-refractivity contribution in [2.24, 2.45) is 5.92 Å². The van der Waals surface area contributed by atoms with E-state index in [1.165, 1.54) is 18.2 Å². The van der Waals surface area contributed by atoms with Gasteiger partial charge in [-0.2, -0.15) is 0 Å². The fourth-order valence-corrected chi connectivity index (χ4v) is 3.99. The molecule has 8 nitrogen and oxygen atoms in total. The highest BCUT2D eigenvalue weighted by Gasteiger charge is 2.33. The lowest BCUT2D eigenvalue weighted by Gasteiger charge is -2.31. The molecule has 1 aromatic carbocycles. The van der Waals surface area contributed by atoms with Crippen LogP contribution in [0.2, 0.25) is 0 Å². The normalized spacial score (nSPS) is 21.1. The Hall–Kier alpha value is -2.16. The summed E-state index contributed by atoms with van der Waals surface area (Å²) < 4.78 is 23.7. The number of rotatable bonds is 5. The first-order chi connectivity index (χ1) is 11.3. The molecule has 0 radical (unpaired) electrons. The fourth-order valence-electron chi connectivity index (χ4n) is 3.13. The minimum Gasteiger partial charge on any atom is -0.376 e. The van der Waals surface area contributed by atoms with Crippen molar-refractivity contribution in [1.29, 1.82) is 0 Å². The highest BCUT2D eigenvalue weighted by molar-refractivity contribution is 7.90. The molecule has 1 aromatic rings. The lowest BCUT2D eigenvalue weighted by Crippen LogP contribution is -2.42. The Morgan fingerprint density at radius 2 is 1.96 bits per heavy atom. The molecule has 0 spiro atoms. The zero-order chi connectivity index (χ0) is 17.9. The van der Waals surface area contributed by atoms with E-state index in [4.69, 9.17) is 0 Å². The fraction of sp³-hybridized carbons (Fsp3) is 0.533. The molecule has 9 heteroatoms. The summed E-state index contributed by atoms with van der Waals surface area (Å²) in [6.45, 7) is 0. The first-order valence-corrected chi connectivity index (χ1v) is 9.60. The molecule has 1 amide bonds. The maximum atomic E-state index is 12.0. The minimum atomic E-state index is -3.74. The highest BCUT2D eigenvalue weighted by atomic mass is 32.2. The van der Waals surface area contributed by atoms with Crippen molar-refractivity contribution < 1.29 is 18.1 Å². The van der Waals surface area contributed by atoms with E-state index in [0.717, 1.165) is 19.1 Å². The summed E-state index contributed by atoms with van der Waals surface area (Å²) in [7, 11) is -2.18. The number of para-hydroxylation sites is 1. The third-order valence-electron chi connectivity index (χ3n) is 4.27. The molecular formula is C15H21N3O5S. The van der Waals surface area contributed by atoms with Gasteiger partial charge in [-0.05, 0) is 25.0 Å². The van der Waals surface area contributed by atoms with E-state index in [1.54, 1.807) is 7.05 Å². The van der Waals surface area contributed by atoms with Gasteiger partial charge in [-0.1, -0.05) is 18.9 Å². The van der Waals surface area contributed by atoms with E-state index in [0.29, 0.717) is 12.8 Å². The molecule has 0 heterocycles. The van der Waals surface area contributed by atoms with Crippen molar-refractivity contribution in [1.82, 2.24) is 5.32 Å². The lowest BCUT2D eigenvalue weighted by molar-refractivity contribution is -0.386. The third-order valence-corrected chi connectivity index (χ3v) is 5.40. The van der Waals surface area contributed by atoms with Crippen LogP contribution in [0.3, 0.4) is 0 Å². The van der Waals surface area contributed by atoms with Gasteiger partial charge in [0.15, 0.2) is 9.84 Å². The summed E-state index contributed by atoms with van der Waals surface area (Å²) in [5.41, 5.74) is -0.343. The molecule has 2 N–H and O–H groups in total. The van der Waals surface area contributed by atoms with Crippen LogP contribution in [0.15, 0.2) is 23.1 Å². The average Bonchev–Trinajstić information content (AvgIpc) is 2.53. The van der Waals surface area contributed by atoms with Gasteiger partial charge in [0, 0.05) is 19.3 Å². The molecule has 0 aliphatic heterocycles. The van der Waals surface area contributed by atoms with Crippen LogP contribution in [0.4, 0.5) is 11.4 Å². The predicted octanol–water partition coefficient (Wildman–Crippen LogP) is 1.72. The first-order valence-electron chi connectivity index (χ1n) is 7.71. The molecule has 1 aliphatic rings. The number of nitrogens with zero attached hydrogens (tertiary/aromatic N) is 1. The molecule has 0 bridgehead atoms. The van der Waals surface area contributed by atoms with E-state index in [1.807, 2.05) is 0 Å². The molecule has 1 aliphatic carbocycles. The Bertz CT molecular complexity index is 747. The minimum absolute atomic E-state index is 0.117. The van der Waals surface area contributed by atoms with E-state index in [-0.39, 0.29) is 28.4 Å². The molecule has 1 saturated carbocycles. The topological polar surface area (TPSA) is 118 Å². The summed E-state index contributed by atoms with van der Waals surface area (Å²) in [5.74, 6) is -0.417. The van der Waals surface area contributed by atoms with Gasteiger partial charge in [0.1, 0.15) is 10.6 Å². The predicted molar refractivity (Wildman–Crippen MR) is 89.6 cm³/mol. The molecule has 2 rings (SSSR count). The van der Waals surface area contributed by atoms with Gasteiger partial charge in [0.25, 0.3) is 0 Å². The second kappa shape index (κ2) is 7.16. The SMILES string of the molecule is CNC(=O)C1CCCCC1Nc1cccc(S(C)(=O)=O)c1[N+](=O)[O-]. The quantitative estimate of drug-likeness (QED) is 0.613. The van der Waals surface area contributed by atoms with Crippen LogP contribution in [0.5, 0.6) is 0 Å². The average molecular weight is 355 g/mol. The number of nitro groups is 1. The Balaban J connectivity index is 2.41. The molecular weight excluding hydrogens is 334 g/mol. The van der Waals surface area contributed by atoms with Crippen molar-refractivity contribution in [3.8, 4) is 0 Å². The maximum Gasteiger partial charge on any atom is 0.310 e. The number of hydrogen-bond acceptors (Lipinski definition) is 6. The van der Waals surface area contributed by atoms with Crippen LogP contribution < -0.4 is 10.6 Å². The maximum absolute atomic E-state index is 12.0. The summed E-state index contributed by atoms with van der Waals surface area (Å²) in [5, 5.41) is 17.1. The standard InChI is InChI=1S/C15H21N3O5S/c1-16-15(19)10-6-3-4-7-11(10)17-12-8-5-9-13(24(2,22)23)14(12)18(20)21/h5,8-11,17H,3-4,6-7H2,1-2H3,(H,16,19). The van der Waals surface area contributed by atoms with Crippen LogP contribution in [-0.4, -0.2) is 38.6 Å². The van der Waals surface area contributed by atoms with Gasteiger partial charge in [-0.15, -0.1) is 0 Å². The number of carbonyl (C=O) groups is 1. The van der Waals surface area contributed by atoms with Crippen LogP contribution in [0, 0.1) is 16.0 Å². The highest BCUT2D eigenvalue weighted by Crippen LogP contribution is 2.35.